The molecule has 3 aromatic rings. The van der Waals surface area contributed by atoms with Crippen LogP contribution in [0.15, 0.2) is 66.9 Å². The second-order valence-electron chi connectivity index (χ2n) is 5.00. The Labute approximate surface area is 149 Å². The van der Waals surface area contributed by atoms with E-state index < -0.39 is 0 Å². The summed E-state index contributed by atoms with van der Waals surface area (Å²) in [6.07, 6.45) is 1.50. The van der Waals surface area contributed by atoms with Gasteiger partial charge in [0.05, 0.1) is 16.3 Å². The van der Waals surface area contributed by atoms with E-state index in [1.807, 2.05) is 30.3 Å². The lowest BCUT2D eigenvalue weighted by Gasteiger charge is -2.09. The molecule has 6 heteroatoms. The van der Waals surface area contributed by atoms with Crippen molar-refractivity contribution in [2.45, 2.75) is 0 Å². The maximum atomic E-state index is 12.2. The Morgan fingerprint density at radius 1 is 0.958 bits per heavy atom. The van der Waals surface area contributed by atoms with Crippen LogP contribution in [0.2, 0.25) is 10.0 Å². The molecule has 1 amide bonds. The molecule has 0 saturated heterocycles. The van der Waals surface area contributed by atoms with E-state index in [9.17, 15) is 4.79 Å². The van der Waals surface area contributed by atoms with Gasteiger partial charge in [-0.05, 0) is 42.5 Å². The summed E-state index contributed by atoms with van der Waals surface area (Å²) in [5, 5.41) is 6.98. The number of benzene rings is 2. The Bertz CT molecular complexity index is 852. The first-order valence-corrected chi connectivity index (χ1v) is 7.92. The second kappa shape index (κ2) is 7.34. The molecule has 0 aliphatic rings. The number of anilines is 3. The summed E-state index contributed by atoms with van der Waals surface area (Å²) >= 11 is 12.1. The summed E-state index contributed by atoms with van der Waals surface area (Å²) in [5.41, 5.74) is 1.84. The van der Waals surface area contributed by atoms with Crippen LogP contribution in [-0.4, -0.2) is 10.9 Å². The number of rotatable bonds is 4. The highest BCUT2D eigenvalue weighted by Crippen LogP contribution is 2.27. The molecule has 0 saturated carbocycles. The normalized spacial score (nSPS) is 10.2. The van der Waals surface area contributed by atoms with Crippen LogP contribution in [0.3, 0.4) is 0 Å². The van der Waals surface area contributed by atoms with Crippen molar-refractivity contribution >= 4 is 46.3 Å². The van der Waals surface area contributed by atoms with Gasteiger partial charge in [-0.2, -0.15) is 0 Å². The number of aromatic nitrogens is 1. The molecule has 0 aliphatic carbocycles. The minimum atomic E-state index is -0.221. The molecule has 4 nitrogen and oxygen atoms in total. The van der Waals surface area contributed by atoms with Crippen LogP contribution in [0.1, 0.15) is 10.4 Å². The zero-order valence-corrected chi connectivity index (χ0v) is 14.0. The Morgan fingerprint density at radius 2 is 1.75 bits per heavy atom. The third-order valence-corrected chi connectivity index (χ3v) is 3.81. The van der Waals surface area contributed by atoms with Crippen LogP contribution >= 0.6 is 23.2 Å². The number of halogens is 2. The van der Waals surface area contributed by atoms with E-state index in [1.54, 1.807) is 30.3 Å². The monoisotopic (exact) mass is 357 g/mol. The number of amides is 1. The smallest absolute Gasteiger partial charge is 0.257 e. The quantitative estimate of drug-likeness (QED) is 0.658. The molecule has 3 rings (SSSR count). The first kappa shape index (κ1) is 16.3. The molecule has 0 fully saturated rings. The summed E-state index contributed by atoms with van der Waals surface area (Å²) < 4.78 is 0. The van der Waals surface area contributed by atoms with Crippen LogP contribution in [0.4, 0.5) is 17.2 Å². The zero-order chi connectivity index (χ0) is 16.9. The summed E-state index contributed by atoms with van der Waals surface area (Å²) in [5.74, 6) is 0.344. The number of carbonyl (C=O) groups is 1. The third-order valence-electron chi connectivity index (χ3n) is 3.25. The SMILES string of the molecule is O=C(Nc1ccccc1)c1ccc(Nc2cc(Cl)ccc2Cl)nc1. The molecular formula is C18H13Cl2N3O. The molecule has 0 aliphatic heterocycles. The topological polar surface area (TPSA) is 54.0 Å². The van der Waals surface area contributed by atoms with E-state index in [1.165, 1.54) is 6.20 Å². The predicted octanol–water partition coefficient (Wildman–Crippen LogP) is 5.38. The van der Waals surface area contributed by atoms with E-state index in [4.69, 9.17) is 23.2 Å². The van der Waals surface area contributed by atoms with E-state index >= 15 is 0 Å². The Kier molecular flexibility index (Phi) is 4.99. The molecule has 0 unspecified atom stereocenters. The Balaban J connectivity index is 1.71. The summed E-state index contributed by atoms with van der Waals surface area (Å²) in [6.45, 7) is 0. The number of hydrogen-bond acceptors (Lipinski definition) is 3. The molecular weight excluding hydrogens is 345 g/mol. The van der Waals surface area contributed by atoms with Crippen LogP contribution in [-0.2, 0) is 0 Å². The van der Waals surface area contributed by atoms with Crippen molar-refractivity contribution in [2.75, 3.05) is 10.6 Å². The standard InChI is InChI=1S/C18H13Cl2N3O/c19-13-7-8-15(20)16(10-13)23-17-9-6-12(11-21-17)18(24)22-14-4-2-1-3-5-14/h1-11H,(H,21,23)(H,22,24). The van der Waals surface area contributed by atoms with Gasteiger partial charge in [0.25, 0.3) is 5.91 Å². The maximum Gasteiger partial charge on any atom is 0.257 e. The minimum Gasteiger partial charge on any atom is -0.339 e. The molecule has 2 aromatic carbocycles. The van der Waals surface area contributed by atoms with Gasteiger partial charge >= 0.3 is 0 Å². The van der Waals surface area contributed by atoms with Gasteiger partial charge in [-0.3, -0.25) is 4.79 Å². The summed E-state index contributed by atoms with van der Waals surface area (Å²) in [7, 11) is 0. The van der Waals surface area contributed by atoms with Crippen LogP contribution < -0.4 is 10.6 Å². The largest absolute Gasteiger partial charge is 0.339 e. The number of para-hydroxylation sites is 1. The van der Waals surface area contributed by atoms with Crippen molar-refractivity contribution in [2.24, 2.45) is 0 Å². The van der Waals surface area contributed by atoms with Gasteiger partial charge in [-0.15, -0.1) is 0 Å². The number of nitrogens with one attached hydrogen (secondary N) is 2. The number of hydrogen-bond donors (Lipinski definition) is 2. The molecule has 0 atom stereocenters. The van der Waals surface area contributed by atoms with E-state index in [0.29, 0.717) is 27.1 Å². The Morgan fingerprint density at radius 3 is 2.46 bits per heavy atom. The van der Waals surface area contributed by atoms with Crippen molar-refractivity contribution < 1.29 is 4.79 Å². The zero-order valence-electron chi connectivity index (χ0n) is 12.5. The van der Waals surface area contributed by atoms with E-state index in [-0.39, 0.29) is 5.91 Å². The first-order chi connectivity index (χ1) is 11.6. The average molecular weight is 358 g/mol. The van der Waals surface area contributed by atoms with Crippen molar-refractivity contribution in [3.05, 3.63) is 82.5 Å². The summed E-state index contributed by atoms with van der Waals surface area (Å²) in [6, 6.07) is 17.8. The molecule has 0 bridgehead atoms. The molecule has 1 aromatic heterocycles. The van der Waals surface area contributed by atoms with Crippen molar-refractivity contribution in [3.63, 3.8) is 0 Å². The fraction of sp³-hybridized carbons (Fsp3) is 0. The van der Waals surface area contributed by atoms with Gasteiger partial charge < -0.3 is 10.6 Å². The highest BCUT2D eigenvalue weighted by atomic mass is 35.5. The maximum absolute atomic E-state index is 12.2. The van der Waals surface area contributed by atoms with Crippen molar-refractivity contribution in [3.8, 4) is 0 Å². The number of pyridine rings is 1. The molecule has 0 radical (unpaired) electrons. The molecule has 0 spiro atoms. The fourth-order valence-corrected chi connectivity index (χ4v) is 2.40. The van der Waals surface area contributed by atoms with Gasteiger partial charge in [-0.25, -0.2) is 4.98 Å². The molecule has 120 valence electrons. The average Bonchev–Trinajstić information content (AvgIpc) is 2.60. The Hall–Kier alpha value is -2.56. The van der Waals surface area contributed by atoms with E-state index in [2.05, 4.69) is 15.6 Å². The first-order valence-electron chi connectivity index (χ1n) is 7.16. The summed E-state index contributed by atoms with van der Waals surface area (Å²) in [4.78, 5) is 16.4. The number of carbonyl (C=O) groups excluding carboxylic acids is 1. The molecule has 24 heavy (non-hydrogen) atoms. The lowest BCUT2D eigenvalue weighted by atomic mass is 10.2. The number of nitrogens with zero attached hydrogens (tertiary/aromatic N) is 1. The highest BCUT2D eigenvalue weighted by Gasteiger charge is 2.08. The van der Waals surface area contributed by atoms with Gasteiger partial charge in [0.1, 0.15) is 5.82 Å². The van der Waals surface area contributed by atoms with Gasteiger partial charge in [0.2, 0.25) is 0 Å². The molecule has 2 N–H and O–H groups in total. The second-order valence-corrected chi connectivity index (χ2v) is 5.85. The minimum absolute atomic E-state index is 0.221. The van der Waals surface area contributed by atoms with E-state index in [0.717, 1.165) is 5.69 Å². The molecule has 1 heterocycles. The van der Waals surface area contributed by atoms with Crippen LogP contribution in [0.25, 0.3) is 0 Å². The van der Waals surface area contributed by atoms with Gasteiger partial charge in [0.15, 0.2) is 0 Å². The van der Waals surface area contributed by atoms with Crippen LogP contribution in [0.5, 0.6) is 0 Å². The lowest BCUT2D eigenvalue weighted by Crippen LogP contribution is -2.12. The third kappa shape index (κ3) is 4.04. The van der Waals surface area contributed by atoms with Gasteiger partial charge in [-0.1, -0.05) is 41.4 Å². The highest BCUT2D eigenvalue weighted by molar-refractivity contribution is 6.35. The van der Waals surface area contributed by atoms with Gasteiger partial charge in [0, 0.05) is 16.9 Å². The van der Waals surface area contributed by atoms with Crippen molar-refractivity contribution in [1.29, 1.82) is 0 Å². The predicted molar refractivity (Wildman–Crippen MR) is 98.4 cm³/mol. The van der Waals surface area contributed by atoms with Crippen LogP contribution in [0, 0.1) is 0 Å². The van der Waals surface area contributed by atoms with Crippen molar-refractivity contribution in [1.82, 2.24) is 4.98 Å². The lowest BCUT2D eigenvalue weighted by molar-refractivity contribution is 0.102. The fourth-order valence-electron chi connectivity index (χ4n) is 2.06.